The second-order valence-corrected chi connectivity index (χ2v) is 6.06. The lowest BCUT2D eigenvalue weighted by Gasteiger charge is -2.27. The van der Waals surface area contributed by atoms with Crippen LogP contribution in [0.3, 0.4) is 0 Å². The zero-order valence-electron chi connectivity index (χ0n) is 12.7. The molecule has 4 rings (SSSR count). The molecule has 0 N–H and O–H groups in total. The first-order valence-electron chi connectivity index (χ1n) is 8.08. The maximum absolute atomic E-state index is 12.7. The molecule has 0 bridgehead atoms. The number of fused-ring (bicyclic) bond motifs is 3. The van der Waals surface area contributed by atoms with Crippen molar-refractivity contribution >= 4 is 27.7 Å². The van der Waals surface area contributed by atoms with Crippen molar-refractivity contribution in [1.82, 2.24) is 9.47 Å². The zero-order chi connectivity index (χ0) is 14.9. The Balaban J connectivity index is 1.77. The lowest BCUT2D eigenvalue weighted by atomic mass is 10.1. The fourth-order valence-electron chi connectivity index (χ4n) is 3.55. The average Bonchev–Trinajstić information content (AvgIpc) is 2.90. The Hall–Kier alpha value is -2.29. The topological polar surface area (TPSA) is 25.2 Å². The lowest BCUT2D eigenvalue weighted by molar-refractivity contribution is -0.132. The molecule has 0 saturated carbocycles. The van der Waals surface area contributed by atoms with Gasteiger partial charge in [0.25, 0.3) is 0 Å². The van der Waals surface area contributed by atoms with E-state index in [0.29, 0.717) is 6.54 Å². The van der Waals surface area contributed by atoms with E-state index in [-0.39, 0.29) is 5.91 Å². The third-order valence-corrected chi connectivity index (χ3v) is 4.68. The molecule has 0 aliphatic carbocycles. The summed E-state index contributed by atoms with van der Waals surface area (Å²) in [7, 11) is 0. The van der Waals surface area contributed by atoms with Gasteiger partial charge in [-0.05, 0) is 31.4 Å². The number of rotatable bonds is 2. The van der Waals surface area contributed by atoms with Crippen molar-refractivity contribution in [2.24, 2.45) is 0 Å². The van der Waals surface area contributed by atoms with Gasteiger partial charge in [-0.1, -0.05) is 36.4 Å². The molecule has 0 unspecified atom stereocenters. The van der Waals surface area contributed by atoms with Crippen LogP contribution in [0.1, 0.15) is 19.3 Å². The van der Waals surface area contributed by atoms with Crippen molar-refractivity contribution in [3.63, 3.8) is 0 Å². The van der Waals surface area contributed by atoms with Crippen molar-refractivity contribution in [3.05, 3.63) is 48.5 Å². The molecule has 1 saturated heterocycles. The highest BCUT2D eigenvalue weighted by Gasteiger charge is 2.19. The van der Waals surface area contributed by atoms with Crippen LogP contribution in [-0.4, -0.2) is 28.5 Å². The number of amides is 1. The minimum atomic E-state index is 0.242. The van der Waals surface area contributed by atoms with Gasteiger partial charge in [0.05, 0.1) is 0 Å². The highest BCUT2D eigenvalue weighted by atomic mass is 16.2. The minimum absolute atomic E-state index is 0.242. The Kier molecular flexibility index (Phi) is 3.34. The molecule has 1 fully saturated rings. The molecule has 1 aromatic heterocycles. The molecule has 1 amide bonds. The van der Waals surface area contributed by atoms with Crippen LogP contribution in [0.2, 0.25) is 0 Å². The largest absolute Gasteiger partial charge is 0.341 e. The maximum atomic E-state index is 12.7. The molecule has 22 heavy (non-hydrogen) atoms. The van der Waals surface area contributed by atoms with Gasteiger partial charge in [0, 0.05) is 34.9 Å². The number of aromatic nitrogens is 1. The van der Waals surface area contributed by atoms with Gasteiger partial charge >= 0.3 is 0 Å². The molecular weight excluding hydrogens is 272 g/mol. The Morgan fingerprint density at radius 2 is 1.36 bits per heavy atom. The summed E-state index contributed by atoms with van der Waals surface area (Å²) in [5, 5.41) is 2.45. The summed E-state index contributed by atoms with van der Waals surface area (Å²) in [5.74, 6) is 0.242. The average molecular weight is 292 g/mol. The van der Waals surface area contributed by atoms with E-state index in [9.17, 15) is 4.79 Å². The van der Waals surface area contributed by atoms with Gasteiger partial charge in [0.1, 0.15) is 6.54 Å². The van der Waals surface area contributed by atoms with Gasteiger partial charge in [-0.2, -0.15) is 0 Å². The van der Waals surface area contributed by atoms with Crippen molar-refractivity contribution in [2.45, 2.75) is 25.8 Å². The van der Waals surface area contributed by atoms with Crippen LogP contribution >= 0.6 is 0 Å². The summed E-state index contributed by atoms with van der Waals surface area (Å²) in [5.41, 5.74) is 2.29. The van der Waals surface area contributed by atoms with E-state index in [1.165, 1.54) is 17.2 Å². The van der Waals surface area contributed by atoms with Crippen molar-refractivity contribution in [2.75, 3.05) is 13.1 Å². The standard InChI is InChI=1S/C19H20N2O/c22-19(20-12-6-1-7-13-20)14-21-17-10-4-2-8-15(17)16-9-3-5-11-18(16)21/h2-5,8-11H,1,6-7,12-14H2. The smallest absolute Gasteiger partial charge is 0.242 e. The Morgan fingerprint density at radius 3 is 1.95 bits per heavy atom. The molecule has 1 aliphatic rings. The molecule has 3 heteroatoms. The van der Waals surface area contributed by atoms with Crippen molar-refractivity contribution in [3.8, 4) is 0 Å². The van der Waals surface area contributed by atoms with Gasteiger partial charge < -0.3 is 9.47 Å². The molecule has 2 aromatic carbocycles. The SMILES string of the molecule is O=C(Cn1c2ccccc2c2ccccc21)N1CCCCC1. The highest BCUT2D eigenvalue weighted by Crippen LogP contribution is 2.28. The number of piperidine rings is 1. The second kappa shape index (κ2) is 5.48. The van der Waals surface area contributed by atoms with E-state index in [1.54, 1.807) is 0 Å². The molecule has 3 aromatic rings. The quantitative estimate of drug-likeness (QED) is 0.705. The number of benzene rings is 2. The number of para-hydroxylation sites is 2. The Labute approximate surface area is 130 Å². The van der Waals surface area contributed by atoms with Crippen LogP contribution in [0.25, 0.3) is 21.8 Å². The van der Waals surface area contributed by atoms with E-state index in [1.807, 2.05) is 17.0 Å². The molecule has 2 heterocycles. The van der Waals surface area contributed by atoms with Gasteiger partial charge in [-0.15, -0.1) is 0 Å². The summed E-state index contributed by atoms with van der Waals surface area (Å²) in [6.07, 6.45) is 3.52. The highest BCUT2D eigenvalue weighted by molar-refractivity contribution is 6.08. The van der Waals surface area contributed by atoms with Crippen LogP contribution in [0.5, 0.6) is 0 Å². The summed E-state index contributed by atoms with van der Waals surface area (Å²) in [4.78, 5) is 14.7. The molecule has 112 valence electrons. The van der Waals surface area contributed by atoms with Crippen LogP contribution in [0, 0.1) is 0 Å². The monoisotopic (exact) mass is 292 g/mol. The third-order valence-electron chi connectivity index (χ3n) is 4.68. The molecule has 0 spiro atoms. The number of hydrogen-bond donors (Lipinski definition) is 0. The summed E-state index contributed by atoms with van der Waals surface area (Å²) < 4.78 is 2.17. The molecule has 3 nitrogen and oxygen atoms in total. The number of hydrogen-bond acceptors (Lipinski definition) is 1. The summed E-state index contributed by atoms with van der Waals surface area (Å²) in [6, 6.07) is 16.7. The van der Waals surface area contributed by atoms with Crippen LogP contribution in [0.15, 0.2) is 48.5 Å². The van der Waals surface area contributed by atoms with Crippen LogP contribution < -0.4 is 0 Å². The van der Waals surface area contributed by atoms with Gasteiger partial charge in [0.15, 0.2) is 0 Å². The van der Waals surface area contributed by atoms with Crippen LogP contribution in [-0.2, 0) is 11.3 Å². The van der Waals surface area contributed by atoms with E-state index in [2.05, 4.69) is 41.0 Å². The second-order valence-electron chi connectivity index (χ2n) is 6.06. The fraction of sp³-hybridized carbons (Fsp3) is 0.316. The first-order chi connectivity index (χ1) is 10.8. The normalized spacial score (nSPS) is 15.5. The van der Waals surface area contributed by atoms with Gasteiger partial charge in [-0.25, -0.2) is 0 Å². The Bertz CT molecular complexity index is 774. The predicted octanol–water partition coefficient (Wildman–Crippen LogP) is 3.81. The summed E-state index contributed by atoms with van der Waals surface area (Å²) >= 11 is 0. The summed E-state index contributed by atoms with van der Waals surface area (Å²) in [6.45, 7) is 2.26. The number of carbonyl (C=O) groups excluding carboxylic acids is 1. The maximum Gasteiger partial charge on any atom is 0.242 e. The van der Waals surface area contributed by atoms with Gasteiger partial charge in [-0.3, -0.25) is 4.79 Å². The lowest BCUT2D eigenvalue weighted by Crippen LogP contribution is -2.37. The van der Waals surface area contributed by atoms with Crippen LogP contribution in [0.4, 0.5) is 0 Å². The molecule has 1 aliphatic heterocycles. The van der Waals surface area contributed by atoms with Crippen molar-refractivity contribution in [1.29, 1.82) is 0 Å². The van der Waals surface area contributed by atoms with E-state index < -0.39 is 0 Å². The van der Waals surface area contributed by atoms with E-state index >= 15 is 0 Å². The van der Waals surface area contributed by atoms with E-state index in [0.717, 1.165) is 37.0 Å². The number of nitrogens with zero attached hydrogens (tertiary/aromatic N) is 2. The first kappa shape index (κ1) is 13.4. The third kappa shape index (κ3) is 2.17. The van der Waals surface area contributed by atoms with E-state index in [4.69, 9.17) is 0 Å². The predicted molar refractivity (Wildman–Crippen MR) is 89.9 cm³/mol. The first-order valence-corrected chi connectivity index (χ1v) is 8.08. The Morgan fingerprint density at radius 1 is 0.818 bits per heavy atom. The zero-order valence-corrected chi connectivity index (χ0v) is 12.7. The number of carbonyl (C=O) groups is 1. The minimum Gasteiger partial charge on any atom is -0.341 e. The number of likely N-dealkylation sites (tertiary alicyclic amines) is 1. The van der Waals surface area contributed by atoms with Gasteiger partial charge in [0.2, 0.25) is 5.91 Å². The molecular formula is C19H20N2O. The molecule has 0 radical (unpaired) electrons. The fourth-order valence-corrected chi connectivity index (χ4v) is 3.55. The molecule has 0 atom stereocenters. The van der Waals surface area contributed by atoms with Crippen molar-refractivity contribution < 1.29 is 4.79 Å².